The SMILES string of the molecule is COc1ccc2ncn(CC(C)O)c2n1. The first-order valence-corrected chi connectivity index (χ1v) is 4.74. The molecule has 1 N–H and O–H groups in total. The van der Waals surface area contributed by atoms with Crippen molar-refractivity contribution in [2.24, 2.45) is 0 Å². The lowest BCUT2D eigenvalue weighted by Crippen LogP contribution is -2.11. The van der Waals surface area contributed by atoms with Gasteiger partial charge in [0.15, 0.2) is 5.65 Å². The van der Waals surface area contributed by atoms with E-state index in [-0.39, 0.29) is 0 Å². The summed E-state index contributed by atoms with van der Waals surface area (Å²) in [5, 5.41) is 9.30. The van der Waals surface area contributed by atoms with E-state index < -0.39 is 6.10 Å². The second-order valence-corrected chi connectivity index (χ2v) is 3.44. The zero-order valence-electron chi connectivity index (χ0n) is 8.71. The molecule has 1 atom stereocenters. The van der Waals surface area contributed by atoms with E-state index in [4.69, 9.17) is 4.74 Å². The largest absolute Gasteiger partial charge is 0.481 e. The Morgan fingerprint density at radius 1 is 1.53 bits per heavy atom. The second-order valence-electron chi connectivity index (χ2n) is 3.44. The number of aliphatic hydroxyl groups is 1. The molecule has 15 heavy (non-hydrogen) atoms. The van der Waals surface area contributed by atoms with Gasteiger partial charge < -0.3 is 14.4 Å². The van der Waals surface area contributed by atoms with Gasteiger partial charge in [0, 0.05) is 6.07 Å². The Balaban J connectivity index is 2.46. The highest BCUT2D eigenvalue weighted by molar-refractivity contribution is 5.71. The van der Waals surface area contributed by atoms with Crippen molar-refractivity contribution in [2.75, 3.05) is 7.11 Å². The zero-order chi connectivity index (χ0) is 10.8. The minimum atomic E-state index is -0.421. The molecule has 1 unspecified atom stereocenters. The van der Waals surface area contributed by atoms with Crippen LogP contribution in [0.4, 0.5) is 0 Å². The molecular formula is C10H13N3O2. The molecular weight excluding hydrogens is 194 g/mol. The fourth-order valence-corrected chi connectivity index (χ4v) is 1.45. The Kier molecular flexibility index (Phi) is 2.55. The second kappa shape index (κ2) is 3.86. The summed E-state index contributed by atoms with van der Waals surface area (Å²) in [5.74, 6) is 0.551. The fourth-order valence-electron chi connectivity index (χ4n) is 1.45. The van der Waals surface area contributed by atoms with Crippen LogP contribution in [0.2, 0.25) is 0 Å². The maximum absolute atomic E-state index is 9.30. The third-order valence-electron chi connectivity index (χ3n) is 2.11. The van der Waals surface area contributed by atoms with Crippen LogP contribution >= 0.6 is 0 Å². The van der Waals surface area contributed by atoms with E-state index in [1.54, 1.807) is 26.4 Å². The number of rotatable bonds is 3. The van der Waals surface area contributed by atoms with Gasteiger partial charge in [-0.1, -0.05) is 0 Å². The van der Waals surface area contributed by atoms with Crippen LogP contribution in [0, 0.1) is 0 Å². The van der Waals surface area contributed by atoms with Crippen molar-refractivity contribution in [3.8, 4) is 5.88 Å². The fraction of sp³-hybridized carbons (Fsp3) is 0.400. The van der Waals surface area contributed by atoms with Crippen molar-refractivity contribution in [1.82, 2.24) is 14.5 Å². The quantitative estimate of drug-likeness (QED) is 0.809. The van der Waals surface area contributed by atoms with Crippen LogP contribution in [-0.2, 0) is 6.54 Å². The summed E-state index contributed by atoms with van der Waals surface area (Å²) < 4.78 is 6.84. The number of ether oxygens (including phenoxy) is 1. The lowest BCUT2D eigenvalue weighted by atomic mass is 10.4. The molecule has 0 aliphatic carbocycles. The van der Waals surface area contributed by atoms with Crippen molar-refractivity contribution in [1.29, 1.82) is 0 Å². The number of hydrogen-bond donors (Lipinski definition) is 1. The molecule has 0 spiro atoms. The molecule has 2 aromatic heterocycles. The lowest BCUT2D eigenvalue weighted by molar-refractivity contribution is 0.174. The van der Waals surface area contributed by atoms with E-state index in [0.717, 1.165) is 11.2 Å². The third kappa shape index (κ3) is 1.92. The van der Waals surface area contributed by atoms with E-state index in [9.17, 15) is 5.11 Å². The van der Waals surface area contributed by atoms with Gasteiger partial charge in [-0.3, -0.25) is 0 Å². The van der Waals surface area contributed by atoms with Crippen molar-refractivity contribution >= 4 is 11.2 Å². The predicted octanol–water partition coefficient (Wildman–Crippen LogP) is 0.821. The number of imidazole rings is 1. The molecule has 2 rings (SSSR count). The summed E-state index contributed by atoms with van der Waals surface area (Å²) in [6.45, 7) is 2.21. The summed E-state index contributed by atoms with van der Waals surface area (Å²) >= 11 is 0. The van der Waals surface area contributed by atoms with Gasteiger partial charge in [0.2, 0.25) is 5.88 Å². The van der Waals surface area contributed by atoms with Gasteiger partial charge in [0.1, 0.15) is 5.52 Å². The van der Waals surface area contributed by atoms with Crippen molar-refractivity contribution in [3.63, 3.8) is 0 Å². The highest BCUT2D eigenvalue weighted by Crippen LogP contribution is 2.15. The first-order valence-electron chi connectivity index (χ1n) is 4.74. The Labute approximate surface area is 87.3 Å². The summed E-state index contributed by atoms with van der Waals surface area (Å²) in [7, 11) is 1.57. The summed E-state index contributed by atoms with van der Waals surface area (Å²) in [5.41, 5.74) is 1.53. The maximum atomic E-state index is 9.30. The standard InChI is InChI=1S/C10H13N3O2/c1-7(14)5-13-6-11-8-3-4-9(15-2)12-10(8)13/h3-4,6-7,14H,5H2,1-2H3. The van der Waals surface area contributed by atoms with E-state index in [1.807, 2.05) is 10.6 Å². The topological polar surface area (TPSA) is 60.2 Å². The average molecular weight is 207 g/mol. The molecule has 2 heterocycles. The predicted molar refractivity (Wildman–Crippen MR) is 55.8 cm³/mol. The number of aromatic nitrogens is 3. The molecule has 5 nitrogen and oxygen atoms in total. The van der Waals surface area contributed by atoms with Crippen molar-refractivity contribution < 1.29 is 9.84 Å². The van der Waals surface area contributed by atoms with Gasteiger partial charge in [-0.15, -0.1) is 0 Å². The smallest absolute Gasteiger partial charge is 0.215 e. The van der Waals surface area contributed by atoms with Crippen LogP contribution in [0.3, 0.4) is 0 Å². The van der Waals surface area contributed by atoms with Gasteiger partial charge in [-0.05, 0) is 13.0 Å². The van der Waals surface area contributed by atoms with E-state index in [2.05, 4.69) is 9.97 Å². The number of methoxy groups -OCH3 is 1. The molecule has 0 saturated carbocycles. The van der Waals surface area contributed by atoms with E-state index >= 15 is 0 Å². The normalized spacial score (nSPS) is 13.0. The Morgan fingerprint density at radius 3 is 3.00 bits per heavy atom. The van der Waals surface area contributed by atoms with Crippen LogP contribution in [0.15, 0.2) is 18.5 Å². The maximum Gasteiger partial charge on any atom is 0.215 e. The van der Waals surface area contributed by atoms with Crippen LogP contribution in [0.5, 0.6) is 5.88 Å². The molecule has 80 valence electrons. The Morgan fingerprint density at radius 2 is 2.33 bits per heavy atom. The number of hydrogen-bond acceptors (Lipinski definition) is 4. The van der Waals surface area contributed by atoms with E-state index in [1.165, 1.54) is 0 Å². The average Bonchev–Trinajstić information content (AvgIpc) is 2.60. The van der Waals surface area contributed by atoms with Gasteiger partial charge in [0.05, 0.1) is 26.1 Å². The number of aliphatic hydroxyl groups excluding tert-OH is 1. The van der Waals surface area contributed by atoms with Crippen molar-refractivity contribution in [3.05, 3.63) is 18.5 Å². The van der Waals surface area contributed by atoms with Crippen LogP contribution in [0.25, 0.3) is 11.2 Å². The summed E-state index contributed by atoms with van der Waals surface area (Å²) in [4.78, 5) is 8.45. The minimum Gasteiger partial charge on any atom is -0.481 e. The number of fused-ring (bicyclic) bond motifs is 1. The molecule has 0 amide bonds. The molecule has 0 aromatic carbocycles. The summed E-state index contributed by atoms with van der Waals surface area (Å²) in [6.07, 6.45) is 1.25. The van der Waals surface area contributed by atoms with Crippen LogP contribution < -0.4 is 4.74 Å². The molecule has 0 radical (unpaired) electrons. The van der Waals surface area contributed by atoms with Crippen molar-refractivity contribution in [2.45, 2.75) is 19.6 Å². The van der Waals surface area contributed by atoms with Gasteiger partial charge in [0.25, 0.3) is 0 Å². The molecule has 0 aliphatic heterocycles. The minimum absolute atomic E-state index is 0.421. The molecule has 0 bridgehead atoms. The first kappa shape index (κ1) is 9.92. The molecule has 5 heteroatoms. The molecule has 2 aromatic rings. The Bertz CT molecular complexity index is 465. The zero-order valence-corrected chi connectivity index (χ0v) is 8.71. The molecule has 0 aliphatic rings. The highest BCUT2D eigenvalue weighted by Gasteiger charge is 2.07. The van der Waals surface area contributed by atoms with Gasteiger partial charge >= 0.3 is 0 Å². The molecule has 0 fully saturated rings. The molecule has 0 saturated heterocycles. The summed E-state index contributed by atoms with van der Waals surface area (Å²) in [6, 6.07) is 3.61. The van der Waals surface area contributed by atoms with Crippen LogP contribution in [-0.4, -0.2) is 32.9 Å². The van der Waals surface area contributed by atoms with Crippen LogP contribution in [0.1, 0.15) is 6.92 Å². The number of pyridine rings is 1. The monoisotopic (exact) mass is 207 g/mol. The highest BCUT2D eigenvalue weighted by atomic mass is 16.5. The third-order valence-corrected chi connectivity index (χ3v) is 2.11. The Hall–Kier alpha value is -1.62. The lowest BCUT2D eigenvalue weighted by Gasteiger charge is -2.06. The first-order chi connectivity index (χ1) is 7.20. The van der Waals surface area contributed by atoms with E-state index in [0.29, 0.717) is 12.4 Å². The number of nitrogens with zero attached hydrogens (tertiary/aromatic N) is 3. The van der Waals surface area contributed by atoms with Gasteiger partial charge in [-0.2, -0.15) is 4.98 Å². The van der Waals surface area contributed by atoms with Gasteiger partial charge in [-0.25, -0.2) is 4.98 Å².